The second-order valence-electron chi connectivity index (χ2n) is 3.03. The number of halogens is 1. The first kappa shape index (κ1) is 10.1. The van der Waals surface area contributed by atoms with Crippen LogP contribution in [0.4, 0.5) is 5.82 Å². The predicted octanol–water partition coefficient (Wildman–Crippen LogP) is 2.16. The summed E-state index contributed by atoms with van der Waals surface area (Å²) in [6.45, 7) is 3.37. The Hall–Kier alpha value is -0.450. The molecule has 2 heterocycles. The molecule has 1 aliphatic heterocycles. The van der Waals surface area contributed by atoms with E-state index in [1.165, 1.54) is 11.0 Å². The van der Waals surface area contributed by atoms with E-state index in [-0.39, 0.29) is 0 Å². The van der Waals surface area contributed by atoms with Crippen LogP contribution in [0.2, 0.25) is 0 Å². The van der Waals surface area contributed by atoms with E-state index in [9.17, 15) is 0 Å². The Labute approximate surface area is 91.9 Å². The van der Waals surface area contributed by atoms with Crippen molar-refractivity contribution in [3.63, 3.8) is 0 Å². The van der Waals surface area contributed by atoms with E-state index in [1.54, 1.807) is 6.20 Å². The molecule has 1 aliphatic rings. The summed E-state index contributed by atoms with van der Waals surface area (Å²) in [5, 5.41) is 0. The lowest BCUT2D eigenvalue weighted by molar-refractivity contribution is 0.122. The van der Waals surface area contributed by atoms with Gasteiger partial charge in [0.1, 0.15) is 5.82 Å². The quantitative estimate of drug-likeness (QED) is 0.778. The number of ether oxygens (including phenoxy) is 1. The fourth-order valence-corrected chi connectivity index (χ4v) is 1.96. The van der Waals surface area contributed by atoms with Crippen LogP contribution in [0, 0.1) is 0 Å². The highest BCUT2D eigenvalue weighted by Gasteiger charge is 2.12. The number of aromatic nitrogens is 1. The van der Waals surface area contributed by atoms with Crippen LogP contribution in [0.3, 0.4) is 0 Å². The van der Waals surface area contributed by atoms with Gasteiger partial charge in [0, 0.05) is 24.2 Å². The van der Waals surface area contributed by atoms with Crippen LogP contribution in [-0.2, 0) is 4.74 Å². The summed E-state index contributed by atoms with van der Waals surface area (Å²) in [6.07, 6.45) is 1.79. The molecule has 1 fully saturated rings. The van der Waals surface area contributed by atoms with Gasteiger partial charge in [0.25, 0.3) is 0 Å². The van der Waals surface area contributed by atoms with Crippen molar-refractivity contribution in [3.05, 3.63) is 18.3 Å². The highest BCUT2D eigenvalue weighted by atomic mass is 35.7. The van der Waals surface area contributed by atoms with Gasteiger partial charge in [0.15, 0.2) is 0 Å². The first-order valence-corrected chi connectivity index (χ1v) is 6.12. The van der Waals surface area contributed by atoms with E-state index in [2.05, 4.69) is 9.88 Å². The first-order valence-electron chi connectivity index (χ1n) is 4.47. The highest BCUT2D eigenvalue weighted by molar-refractivity contribution is 8.21. The van der Waals surface area contributed by atoms with Gasteiger partial charge in [-0.2, -0.15) is 0 Å². The molecule has 1 saturated heterocycles. The fraction of sp³-hybridized carbons (Fsp3) is 0.444. The average molecular weight is 231 g/mol. The second kappa shape index (κ2) is 4.87. The maximum absolute atomic E-state index is 5.68. The van der Waals surface area contributed by atoms with Crippen LogP contribution in [-0.4, -0.2) is 31.3 Å². The Morgan fingerprint density at radius 2 is 2.21 bits per heavy atom. The monoisotopic (exact) mass is 230 g/mol. The molecule has 0 atom stereocenters. The summed E-state index contributed by atoms with van der Waals surface area (Å²) in [6, 6.07) is 3.91. The third kappa shape index (κ3) is 2.32. The van der Waals surface area contributed by atoms with Crippen molar-refractivity contribution >= 4 is 27.5 Å². The van der Waals surface area contributed by atoms with Crippen LogP contribution < -0.4 is 4.90 Å². The largest absolute Gasteiger partial charge is 0.378 e. The van der Waals surface area contributed by atoms with Crippen molar-refractivity contribution in [1.82, 2.24) is 4.98 Å². The Morgan fingerprint density at radius 3 is 2.93 bits per heavy atom. The van der Waals surface area contributed by atoms with Crippen LogP contribution in [0.5, 0.6) is 0 Å². The van der Waals surface area contributed by atoms with Crippen molar-refractivity contribution in [2.45, 2.75) is 4.90 Å². The minimum absolute atomic E-state index is 0.778. The summed E-state index contributed by atoms with van der Waals surface area (Å²) >= 11 is 0. The second-order valence-corrected chi connectivity index (χ2v) is 4.11. The minimum atomic E-state index is 0.778. The van der Waals surface area contributed by atoms with Crippen LogP contribution in [0.1, 0.15) is 0 Å². The Bertz CT molecular complexity index is 305. The number of nitrogens with zero attached hydrogens (tertiary/aromatic N) is 2. The van der Waals surface area contributed by atoms with Gasteiger partial charge >= 0.3 is 0 Å². The normalized spacial score (nSPS) is 17.1. The van der Waals surface area contributed by atoms with Crippen molar-refractivity contribution < 1.29 is 4.74 Å². The van der Waals surface area contributed by atoms with E-state index in [0.29, 0.717) is 0 Å². The van der Waals surface area contributed by atoms with E-state index in [1.807, 2.05) is 12.1 Å². The van der Waals surface area contributed by atoms with E-state index < -0.39 is 0 Å². The lowest BCUT2D eigenvalue weighted by Crippen LogP contribution is -2.36. The molecule has 0 bridgehead atoms. The molecule has 0 amide bonds. The smallest absolute Gasteiger partial charge is 0.129 e. The lowest BCUT2D eigenvalue weighted by Gasteiger charge is -2.27. The molecule has 0 radical (unpaired) electrons. The zero-order chi connectivity index (χ0) is 9.80. The molecule has 0 aliphatic carbocycles. The minimum Gasteiger partial charge on any atom is -0.378 e. The zero-order valence-corrected chi connectivity index (χ0v) is 9.22. The molecule has 1 aromatic rings. The third-order valence-electron chi connectivity index (χ3n) is 2.14. The fourth-order valence-electron chi connectivity index (χ4n) is 1.41. The zero-order valence-electron chi connectivity index (χ0n) is 7.65. The van der Waals surface area contributed by atoms with Crippen molar-refractivity contribution in [2.24, 2.45) is 0 Å². The molecule has 76 valence electrons. The number of hydrogen-bond acceptors (Lipinski definition) is 4. The van der Waals surface area contributed by atoms with Gasteiger partial charge in [-0.05, 0) is 33.8 Å². The van der Waals surface area contributed by atoms with Gasteiger partial charge in [-0.1, -0.05) is 0 Å². The SMILES string of the molecule is ClSc1ccnc(N2CCOCC2)c1. The van der Waals surface area contributed by atoms with Crippen LogP contribution in [0.25, 0.3) is 0 Å². The number of pyridine rings is 1. The van der Waals surface area contributed by atoms with Crippen LogP contribution >= 0.6 is 21.7 Å². The van der Waals surface area contributed by atoms with Gasteiger partial charge in [0.05, 0.1) is 13.2 Å². The molecule has 3 nitrogen and oxygen atoms in total. The first-order chi connectivity index (χ1) is 6.90. The summed E-state index contributed by atoms with van der Waals surface area (Å²) in [5.74, 6) is 0.985. The molecule has 0 aromatic carbocycles. The van der Waals surface area contributed by atoms with Gasteiger partial charge in [-0.25, -0.2) is 4.98 Å². The van der Waals surface area contributed by atoms with Crippen molar-refractivity contribution in [1.29, 1.82) is 0 Å². The Balaban J connectivity index is 2.13. The summed E-state index contributed by atoms with van der Waals surface area (Å²) in [7, 11) is 6.90. The van der Waals surface area contributed by atoms with Gasteiger partial charge < -0.3 is 9.64 Å². The molecule has 5 heteroatoms. The van der Waals surface area contributed by atoms with Gasteiger partial charge in [-0.3, -0.25) is 0 Å². The predicted molar refractivity (Wildman–Crippen MR) is 59.0 cm³/mol. The highest BCUT2D eigenvalue weighted by Crippen LogP contribution is 2.24. The number of morpholine rings is 1. The molecule has 14 heavy (non-hydrogen) atoms. The maximum atomic E-state index is 5.68. The Morgan fingerprint density at radius 1 is 1.43 bits per heavy atom. The molecule has 0 unspecified atom stereocenters. The molecular weight excluding hydrogens is 220 g/mol. The summed E-state index contributed by atoms with van der Waals surface area (Å²) < 4.78 is 5.28. The number of anilines is 1. The van der Waals surface area contributed by atoms with E-state index in [4.69, 9.17) is 15.4 Å². The van der Waals surface area contributed by atoms with Gasteiger partial charge in [0.2, 0.25) is 0 Å². The number of hydrogen-bond donors (Lipinski definition) is 0. The van der Waals surface area contributed by atoms with E-state index in [0.717, 1.165) is 37.0 Å². The summed E-state index contributed by atoms with van der Waals surface area (Å²) in [4.78, 5) is 7.55. The number of rotatable bonds is 2. The molecular formula is C9H11ClN2OS. The maximum Gasteiger partial charge on any atom is 0.129 e. The molecule has 0 spiro atoms. The van der Waals surface area contributed by atoms with Crippen LogP contribution in [0.15, 0.2) is 23.2 Å². The van der Waals surface area contributed by atoms with E-state index >= 15 is 0 Å². The molecule has 0 saturated carbocycles. The average Bonchev–Trinajstić information content (AvgIpc) is 2.30. The van der Waals surface area contributed by atoms with Crippen molar-refractivity contribution in [2.75, 3.05) is 31.2 Å². The molecule has 2 rings (SSSR count). The molecule has 1 aromatic heterocycles. The van der Waals surface area contributed by atoms with Crippen molar-refractivity contribution in [3.8, 4) is 0 Å². The lowest BCUT2D eigenvalue weighted by atomic mass is 10.4. The third-order valence-corrected chi connectivity index (χ3v) is 3.11. The van der Waals surface area contributed by atoms with Gasteiger partial charge in [-0.15, -0.1) is 0 Å². The summed E-state index contributed by atoms with van der Waals surface area (Å²) in [5.41, 5.74) is 0. The topological polar surface area (TPSA) is 25.4 Å². The standard InChI is InChI=1S/C9H11ClN2OS/c10-14-8-1-2-11-9(7-8)12-3-5-13-6-4-12/h1-2,7H,3-6H2. The molecule has 0 N–H and O–H groups in total. The Kier molecular flexibility index (Phi) is 3.50.